The minimum atomic E-state index is -0.583. The number of hydrogen-bond donors (Lipinski definition) is 4. The average Bonchev–Trinajstić information content (AvgIpc) is 2.79. The van der Waals surface area contributed by atoms with Gasteiger partial charge in [0.05, 0.1) is 5.69 Å². The van der Waals surface area contributed by atoms with E-state index >= 15 is 0 Å². The highest BCUT2D eigenvalue weighted by Gasteiger charge is 2.51. The molecule has 5 rings (SSSR count). The SMILES string of the molecule is CC(Cc1ccc(-n2ccc(NC(=O)N3CCNCC3)nc2=O)cc1F)NC1CC2(CC(N)C2)C1. The molecule has 1 aliphatic heterocycles. The summed E-state index contributed by atoms with van der Waals surface area (Å²) in [7, 11) is 0. The molecule has 188 valence electrons. The van der Waals surface area contributed by atoms with E-state index in [1.807, 2.05) is 0 Å². The monoisotopic (exact) mass is 483 g/mol. The van der Waals surface area contributed by atoms with Crippen LogP contribution in [-0.2, 0) is 6.42 Å². The van der Waals surface area contributed by atoms with Gasteiger partial charge in [0.1, 0.15) is 11.6 Å². The minimum Gasteiger partial charge on any atom is -0.328 e. The number of nitrogens with zero attached hydrogens (tertiary/aromatic N) is 3. The number of halogens is 1. The van der Waals surface area contributed by atoms with Crippen LogP contribution in [0.2, 0.25) is 0 Å². The van der Waals surface area contributed by atoms with E-state index in [4.69, 9.17) is 5.73 Å². The van der Waals surface area contributed by atoms with Crippen molar-refractivity contribution in [2.75, 3.05) is 31.5 Å². The van der Waals surface area contributed by atoms with Crippen molar-refractivity contribution in [3.8, 4) is 5.69 Å². The van der Waals surface area contributed by atoms with E-state index in [-0.39, 0.29) is 23.7 Å². The average molecular weight is 484 g/mol. The van der Waals surface area contributed by atoms with E-state index in [0.717, 1.165) is 38.8 Å². The number of amides is 2. The Hall–Kier alpha value is -2.82. The number of benzene rings is 1. The molecule has 2 amide bonds. The first-order valence-electron chi connectivity index (χ1n) is 12.5. The molecular weight excluding hydrogens is 449 g/mol. The zero-order valence-electron chi connectivity index (χ0n) is 20.1. The summed E-state index contributed by atoms with van der Waals surface area (Å²) in [4.78, 5) is 30.5. The van der Waals surface area contributed by atoms with Gasteiger partial charge in [0, 0.05) is 50.5 Å². The van der Waals surface area contributed by atoms with Crippen LogP contribution < -0.4 is 27.4 Å². The zero-order chi connectivity index (χ0) is 24.6. The van der Waals surface area contributed by atoms with Gasteiger partial charge in [-0.2, -0.15) is 4.98 Å². The molecule has 2 saturated carbocycles. The van der Waals surface area contributed by atoms with Gasteiger partial charge in [0.2, 0.25) is 0 Å². The number of rotatable bonds is 6. The number of nitrogens with two attached hydrogens (primary N) is 1. The van der Waals surface area contributed by atoms with Crippen LogP contribution in [0.15, 0.2) is 35.3 Å². The topological polar surface area (TPSA) is 117 Å². The molecule has 1 spiro atoms. The van der Waals surface area contributed by atoms with Gasteiger partial charge < -0.3 is 21.3 Å². The second-order valence-electron chi connectivity index (χ2n) is 10.5. The third-order valence-corrected chi connectivity index (χ3v) is 7.55. The van der Waals surface area contributed by atoms with Crippen molar-refractivity contribution in [3.05, 3.63) is 52.3 Å². The van der Waals surface area contributed by atoms with Crippen molar-refractivity contribution < 1.29 is 9.18 Å². The molecule has 2 heterocycles. The highest BCUT2D eigenvalue weighted by molar-refractivity contribution is 5.88. The molecule has 10 heteroatoms. The number of nitrogens with one attached hydrogen (secondary N) is 3. The fourth-order valence-electron chi connectivity index (χ4n) is 5.86. The van der Waals surface area contributed by atoms with Gasteiger partial charge in [-0.05, 0) is 68.2 Å². The van der Waals surface area contributed by atoms with E-state index in [2.05, 4.69) is 27.9 Å². The molecule has 0 bridgehead atoms. The number of anilines is 1. The Morgan fingerprint density at radius 3 is 2.66 bits per heavy atom. The van der Waals surface area contributed by atoms with Crippen molar-refractivity contribution in [1.82, 2.24) is 25.1 Å². The molecule has 2 aromatic rings. The predicted octanol–water partition coefficient (Wildman–Crippen LogP) is 1.60. The Bertz CT molecular complexity index is 1130. The maximum atomic E-state index is 14.9. The van der Waals surface area contributed by atoms with Crippen LogP contribution >= 0.6 is 0 Å². The first-order chi connectivity index (χ1) is 16.8. The minimum absolute atomic E-state index is 0.148. The van der Waals surface area contributed by atoms with E-state index in [1.165, 1.54) is 16.8 Å². The quantitative estimate of drug-likeness (QED) is 0.496. The van der Waals surface area contributed by atoms with Crippen LogP contribution in [0.1, 0.15) is 38.2 Å². The van der Waals surface area contributed by atoms with Gasteiger partial charge in [-0.3, -0.25) is 9.88 Å². The number of carbonyl (C=O) groups is 1. The largest absolute Gasteiger partial charge is 0.354 e. The lowest BCUT2D eigenvalue weighted by atomic mass is 9.52. The lowest BCUT2D eigenvalue weighted by Crippen LogP contribution is -2.60. The van der Waals surface area contributed by atoms with Crippen LogP contribution in [0, 0.1) is 11.2 Å². The van der Waals surface area contributed by atoms with Crippen molar-refractivity contribution in [2.24, 2.45) is 11.1 Å². The van der Waals surface area contributed by atoms with Crippen LogP contribution in [0.5, 0.6) is 0 Å². The van der Waals surface area contributed by atoms with E-state index in [9.17, 15) is 14.0 Å². The van der Waals surface area contributed by atoms with Crippen molar-refractivity contribution >= 4 is 11.8 Å². The van der Waals surface area contributed by atoms with Gasteiger partial charge in [0.15, 0.2) is 0 Å². The van der Waals surface area contributed by atoms with Gasteiger partial charge >= 0.3 is 11.7 Å². The number of piperazine rings is 1. The highest BCUT2D eigenvalue weighted by atomic mass is 19.1. The Morgan fingerprint density at radius 2 is 2.00 bits per heavy atom. The van der Waals surface area contributed by atoms with Crippen LogP contribution in [0.4, 0.5) is 15.0 Å². The Morgan fingerprint density at radius 1 is 1.26 bits per heavy atom. The molecule has 35 heavy (non-hydrogen) atoms. The molecule has 2 aliphatic carbocycles. The lowest BCUT2D eigenvalue weighted by molar-refractivity contribution is -0.0208. The van der Waals surface area contributed by atoms with Crippen molar-refractivity contribution in [3.63, 3.8) is 0 Å². The summed E-state index contributed by atoms with van der Waals surface area (Å²) in [6, 6.07) is 7.06. The summed E-state index contributed by atoms with van der Waals surface area (Å²) in [6.07, 6.45) is 6.66. The highest BCUT2D eigenvalue weighted by Crippen LogP contribution is 2.55. The van der Waals surface area contributed by atoms with Crippen molar-refractivity contribution in [2.45, 2.75) is 57.2 Å². The molecule has 5 N–H and O–H groups in total. The van der Waals surface area contributed by atoms with Crippen molar-refractivity contribution in [1.29, 1.82) is 0 Å². The normalized spacial score (nSPS) is 26.7. The molecule has 9 nitrogen and oxygen atoms in total. The number of urea groups is 1. The summed E-state index contributed by atoms with van der Waals surface area (Å²) in [6.45, 7) is 4.73. The first kappa shape index (κ1) is 23.9. The molecule has 1 aromatic carbocycles. The van der Waals surface area contributed by atoms with Crippen LogP contribution in [0.25, 0.3) is 5.69 Å². The molecule has 1 aromatic heterocycles. The fourth-order valence-corrected chi connectivity index (χ4v) is 5.86. The van der Waals surface area contributed by atoms with Gasteiger partial charge in [-0.25, -0.2) is 14.0 Å². The second-order valence-corrected chi connectivity index (χ2v) is 10.5. The molecule has 0 radical (unpaired) electrons. The standard InChI is InChI=1S/C25H34FN7O2/c1-16(29-19-14-25(15-19)12-18(27)13-25)10-17-2-3-20(11-21(17)26)33-7-4-22(31-24(33)35)30-23(34)32-8-5-28-6-9-32/h2-4,7,11,16,18-19,28-29H,5-6,8-10,12-15,27H2,1H3,(H,30,31,34,35). The maximum Gasteiger partial charge on any atom is 0.354 e. The first-order valence-corrected chi connectivity index (χ1v) is 12.5. The van der Waals surface area contributed by atoms with Gasteiger partial charge in [0.25, 0.3) is 0 Å². The summed E-state index contributed by atoms with van der Waals surface area (Å²) in [5, 5.41) is 9.46. The molecule has 1 unspecified atom stereocenters. The third kappa shape index (κ3) is 5.24. The molecule has 1 atom stereocenters. The summed E-state index contributed by atoms with van der Waals surface area (Å²) in [5.41, 5.74) is 6.82. The molecule has 3 aliphatic rings. The van der Waals surface area contributed by atoms with Crippen LogP contribution in [-0.4, -0.2) is 64.8 Å². The third-order valence-electron chi connectivity index (χ3n) is 7.55. The Labute approximate surface area is 204 Å². The van der Waals surface area contributed by atoms with E-state index in [1.54, 1.807) is 23.1 Å². The van der Waals surface area contributed by atoms with E-state index in [0.29, 0.717) is 48.3 Å². The summed E-state index contributed by atoms with van der Waals surface area (Å²) < 4.78 is 16.2. The number of hydrogen-bond acceptors (Lipinski definition) is 6. The summed E-state index contributed by atoms with van der Waals surface area (Å²) in [5.74, 6) is -0.178. The number of carbonyl (C=O) groups excluding carboxylic acids is 1. The zero-order valence-corrected chi connectivity index (χ0v) is 20.1. The smallest absolute Gasteiger partial charge is 0.328 e. The van der Waals surface area contributed by atoms with Gasteiger partial charge in [-0.1, -0.05) is 6.07 Å². The predicted molar refractivity (Wildman–Crippen MR) is 132 cm³/mol. The molecule has 3 fully saturated rings. The van der Waals surface area contributed by atoms with E-state index < -0.39 is 5.69 Å². The lowest BCUT2D eigenvalue weighted by Gasteiger charge is -2.57. The van der Waals surface area contributed by atoms with Crippen LogP contribution in [0.3, 0.4) is 0 Å². The molecule has 1 saturated heterocycles. The number of aromatic nitrogens is 2. The molecular formula is C25H34FN7O2. The van der Waals surface area contributed by atoms with Gasteiger partial charge in [-0.15, -0.1) is 0 Å². The Kier molecular flexibility index (Phi) is 6.61. The second kappa shape index (κ2) is 9.67. The Balaban J connectivity index is 1.18. The fraction of sp³-hybridized carbons (Fsp3) is 0.560. The summed E-state index contributed by atoms with van der Waals surface area (Å²) >= 11 is 0. The maximum absolute atomic E-state index is 14.9.